The number of halogens is 2. The zero-order valence-electron chi connectivity index (χ0n) is 13.3. The lowest BCUT2D eigenvalue weighted by molar-refractivity contribution is 0.102. The van der Waals surface area contributed by atoms with E-state index in [1.54, 1.807) is 18.2 Å². The van der Waals surface area contributed by atoms with Crippen LogP contribution in [0, 0.1) is 6.92 Å². The van der Waals surface area contributed by atoms with Crippen molar-refractivity contribution in [1.29, 1.82) is 0 Å². The first kappa shape index (κ1) is 17.2. The number of amides is 1. The van der Waals surface area contributed by atoms with Crippen LogP contribution in [0.5, 0.6) is 0 Å². The Morgan fingerprint density at radius 2 is 1.80 bits per heavy atom. The fourth-order valence-corrected chi connectivity index (χ4v) is 2.45. The van der Waals surface area contributed by atoms with Gasteiger partial charge in [-0.2, -0.15) is 0 Å². The highest BCUT2D eigenvalue weighted by atomic mass is 35.5. The van der Waals surface area contributed by atoms with Crippen molar-refractivity contribution in [3.05, 3.63) is 76.2 Å². The molecule has 0 fully saturated rings. The van der Waals surface area contributed by atoms with Gasteiger partial charge in [-0.15, -0.1) is 0 Å². The van der Waals surface area contributed by atoms with Crippen LogP contribution in [0.2, 0.25) is 10.0 Å². The molecule has 0 atom stereocenters. The number of benzene rings is 2. The topological polar surface area (TPSA) is 66.9 Å². The quantitative estimate of drug-likeness (QED) is 0.669. The minimum atomic E-state index is -0.381. The Hall–Kier alpha value is -2.63. The molecule has 2 N–H and O–H groups in total. The molecule has 0 aliphatic carbocycles. The van der Waals surface area contributed by atoms with E-state index in [0.29, 0.717) is 21.6 Å². The second-order valence-electron chi connectivity index (χ2n) is 5.36. The Morgan fingerprint density at radius 1 is 0.960 bits per heavy atom. The van der Waals surface area contributed by atoms with Crippen LogP contribution in [-0.4, -0.2) is 15.9 Å². The monoisotopic (exact) mass is 372 g/mol. The molecule has 0 saturated carbocycles. The summed E-state index contributed by atoms with van der Waals surface area (Å²) in [5.41, 5.74) is 2.77. The number of hydrogen-bond acceptors (Lipinski definition) is 4. The van der Waals surface area contributed by atoms with Gasteiger partial charge < -0.3 is 10.6 Å². The summed E-state index contributed by atoms with van der Waals surface area (Å²) in [5, 5.41) is 6.62. The summed E-state index contributed by atoms with van der Waals surface area (Å²) in [4.78, 5) is 20.6. The van der Waals surface area contributed by atoms with Crippen LogP contribution in [0.3, 0.4) is 0 Å². The second kappa shape index (κ2) is 7.51. The Bertz CT molecular complexity index is 913. The molecule has 2 aromatic carbocycles. The summed E-state index contributed by atoms with van der Waals surface area (Å²) < 4.78 is 0. The number of aryl methyl sites for hydroxylation is 1. The molecule has 7 heteroatoms. The normalized spacial score (nSPS) is 10.4. The third-order valence-corrected chi connectivity index (χ3v) is 4.09. The molecular weight excluding hydrogens is 359 g/mol. The second-order valence-corrected chi connectivity index (χ2v) is 6.18. The van der Waals surface area contributed by atoms with Crippen LogP contribution in [0.15, 0.2) is 54.9 Å². The molecule has 0 saturated heterocycles. The van der Waals surface area contributed by atoms with E-state index >= 15 is 0 Å². The minimum Gasteiger partial charge on any atom is -0.339 e. The zero-order valence-corrected chi connectivity index (χ0v) is 14.8. The van der Waals surface area contributed by atoms with E-state index in [-0.39, 0.29) is 11.6 Å². The van der Waals surface area contributed by atoms with E-state index in [1.165, 1.54) is 12.4 Å². The fourth-order valence-electron chi connectivity index (χ4n) is 2.15. The Kier molecular flexibility index (Phi) is 5.16. The van der Waals surface area contributed by atoms with E-state index in [9.17, 15) is 4.79 Å². The largest absolute Gasteiger partial charge is 0.339 e. The SMILES string of the molecule is Cc1cccc(Nc2cnc(C(=O)Nc3ccc(Cl)c(Cl)c3)cn2)c1. The maximum atomic E-state index is 12.2. The zero-order chi connectivity index (χ0) is 17.8. The van der Waals surface area contributed by atoms with Crippen molar-refractivity contribution in [3.8, 4) is 0 Å². The molecule has 0 unspecified atom stereocenters. The van der Waals surface area contributed by atoms with Crippen LogP contribution in [-0.2, 0) is 0 Å². The Morgan fingerprint density at radius 3 is 2.48 bits per heavy atom. The van der Waals surface area contributed by atoms with Crippen molar-refractivity contribution in [2.75, 3.05) is 10.6 Å². The van der Waals surface area contributed by atoms with Crippen LogP contribution in [0.1, 0.15) is 16.1 Å². The predicted octanol–water partition coefficient (Wildman–Crippen LogP) is 5.09. The van der Waals surface area contributed by atoms with Gasteiger partial charge in [0.2, 0.25) is 0 Å². The van der Waals surface area contributed by atoms with Gasteiger partial charge in [-0.3, -0.25) is 4.79 Å². The molecular formula is C18H14Cl2N4O. The summed E-state index contributed by atoms with van der Waals surface area (Å²) >= 11 is 11.8. The highest BCUT2D eigenvalue weighted by Crippen LogP contribution is 2.25. The molecule has 0 spiro atoms. The first-order valence-electron chi connectivity index (χ1n) is 7.43. The molecule has 126 valence electrons. The van der Waals surface area contributed by atoms with Crippen LogP contribution < -0.4 is 10.6 Å². The summed E-state index contributed by atoms with van der Waals surface area (Å²) in [6.45, 7) is 2.01. The number of carbonyl (C=O) groups excluding carboxylic acids is 1. The predicted molar refractivity (Wildman–Crippen MR) is 101 cm³/mol. The van der Waals surface area contributed by atoms with E-state index in [1.807, 2.05) is 31.2 Å². The highest BCUT2D eigenvalue weighted by Gasteiger charge is 2.10. The molecule has 0 radical (unpaired) electrons. The van der Waals surface area contributed by atoms with Crippen LogP contribution in [0.25, 0.3) is 0 Å². The van der Waals surface area contributed by atoms with E-state index < -0.39 is 0 Å². The first-order chi connectivity index (χ1) is 12.0. The lowest BCUT2D eigenvalue weighted by Crippen LogP contribution is -2.14. The minimum absolute atomic E-state index is 0.195. The third kappa shape index (κ3) is 4.47. The van der Waals surface area contributed by atoms with Crippen molar-refractivity contribution in [2.45, 2.75) is 6.92 Å². The van der Waals surface area contributed by atoms with Gasteiger partial charge in [-0.05, 0) is 42.8 Å². The molecule has 1 heterocycles. The lowest BCUT2D eigenvalue weighted by atomic mass is 10.2. The van der Waals surface area contributed by atoms with Gasteiger partial charge in [-0.25, -0.2) is 9.97 Å². The van der Waals surface area contributed by atoms with E-state index in [4.69, 9.17) is 23.2 Å². The number of rotatable bonds is 4. The van der Waals surface area contributed by atoms with Gasteiger partial charge in [0.1, 0.15) is 11.5 Å². The molecule has 1 aromatic heterocycles. The van der Waals surface area contributed by atoms with Gasteiger partial charge in [0, 0.05) is 11.4 Å². The summed E-state index contributed by atoms with van der Waals surface area (Å²) in [6.07, 6.45) is 2.91. The molecule has 0 aliphatic rings. The van der Waals surface area contributed by atoms with Gasteiger partial charge >= 0.3 is 0 Å². The average molecular weight is 373 g/mol. The maximum Gasteiger partial charge on any atom is 0.275 e. The number of nitrogens with zero attached hydrogens (tertiary/aromatic N) is 2. The van der Waals surface area contributed by atoms with Crippen molar-refractivity contribution < 1.29 is 4.79 Å². The van der Waals surface area contributed by atoms with Crippen molar-refractivity contribution >= 4 is 46.3 Å². The van der Waals surface area contributed by atoms with Gasteiger partial charge in [0.15, 0.2) is 0 Å². The van der Waals surface area contributed by atoms with Crippen LogP contribution >= 0.6 is 23.2 Å². The number of nitrogens with one attached hydrogen (secondary N) is 2. The number of anilines is 3. The molecule has 25 heavy (non-hydrogen) atoms. The number of carbonyl (C=O) groups is 1. The van der Waals surface area contributed by atoms with Crippen molar-refractivity contribution in [1.82, 2.24) is 9.97 Å². The van der Waals surface area contributed by atoms with Crippen LogP contribution in [0.4, 0.5) is 17.2 Å². The lowest BCUT2D eigenvalue weighted by Gasteiger charge is -2.08. The summed E-state index contributed by atoms with van der Waals surface area (Å²) in [6, 6.07) is 12.7. The molecule has 3 aromatic rings. The average Bonchev–Trinajstić information content (AvgIpc) is 2.59. The van der Waals surface area contributed by atoms with E-state index in [0.717, 1.165) is 11.3 Å². The van der Waals surface area contributed by atoms with Gasteiger partial charge in [-0.1, -0.05) is 35.3 Å². The van der Waals surface area contributed by atoms with E-state index in [2.05, 4.69) is 20.6 Å². The van der Waals surface area contributed by atoms with Crippen molar-refractivity contribution in [3.63, 3.8) is 0 Å². The third-order valence-electron chi connectivity index (χ3n) is 3.35. The summed E-state index contributed by atoms with van der Waals surface area (Å²) in [5.74, 6) is 0.171. The molecule has 1 amide bonds. The van der Waals surface area contributed by atoms with Crippen molar-refractivity contribution in [2.24, 2.45) is 0 Å². The Balaban J connectivity index is 1.68. The fraction of sp³-hybridized carbons (Fsp3) is 0.0556. The van der Waals surface area contributed by atoms with Gasteiger partial charge in [0.25, 0.3) is 5.91 Å². The highest BCUT2D eigenvalue weighted by molar-refractivity contribution is 6.42. The number of aromatic nitrogens is 2. The summed E-state index contributed by atoms with van der Waals surface area (Å²) in [7, 11) is 0. The smallest absolute Gasteiger partial charge is 0.275 e. The van der Waals surface area contributed by atoms with Gasteiger partial charge in [0.05, 0.1) is 22.4 Å². The maximum absolute atomic E-state index is 12.2. The Labute approximate surface area is 155 Å². The standard InChI is InChI=1S/C18H14Cl2N4O/c1-11-3-2-4-12(7-11)23-17-10-21-16(9-22-17)18(25)24-13-5-6-14(19)15(20)8-13/h2-10H,1H3,(H,22,23)(H,24,25). The molecule has 5 nitrogen and oxygen atoms in total. The molecule has 0 aliphatic heterocycles. The number of hydrogen-bond donors (Lipinski definition) is 2. The first-order valence-corrected chi connectivity index (χ1v) is 8.19. The molecule has 0 bridgehead atoms. The molecule has 3 rings (SSSR count).